The number of carbonyl (C=O) groups excluding carboxylic acids is 1. The Labute approximate surface area is 162 Å². The molecule has 3 nitrogen and oxygen atoms in total. The molecule has 1 heterocycles. The number of rotatable bonds is 7. The second-order valence-electron chi connectivity index (χ2n) is 7.64. The molecule has 1 aliphatic heterocycles. The minimum Gasteiger partial charge on any atom is -0.335 e. The van der Waals surface area contributed by atoms with Crippen LogP contribution in [0.25, 0.3) is 0 Å². The molecule has 140 valence electrons. The number of hydrogen-bond donors (Lipinski definition) is 0. The van der Waals surface area contributed by atoms with Gasteiger partial charge in [-0.1, -0.05) is 43.1 Å². The molecule has 0 bridgehead atoms. The first kappa shape index (κ1) is 20.5. The van der Waals surface area contributed by atoms with Gasteiger partial charge in [0, 0.05) is 18.6 Å². The van der Waals surface area contributed by atoms with Gasteiger partial charge in [0.05, 0.1) is 16.5 Å². The summed E-state index contributed by atoms with van der Waals surface area (Å²) in [5, 5.41) is 1.02. The molecular formula is C20H30Cl2N2O. The lowest BCUT2D eigenvalue weighted by Gasteiger charge is -2.39. The highest BCUT2D eigenvalue weighted by Crippen LogP contribution is 2.24. The fraction of sp³-hybridized carbons (Fsp3) is 0.650. The smallest absolute Gasteiger partial charge is 0.227 e. The Kier molecular flexibility index (Phi) is 7.60. The van der Waals surface area contributed by atoms with E-state index in [4.69, 9.17) is 23.2 Å². The predicted octanol–water partition coefficient (Wildman–Crippen LogP) is 4.89. The van der Waals surface area contributed by atoms with Crippen LogP contribution in [0.4, 0.5) is 0 Å². The molecule has 5 heteroatoms. The summed E-state index contributed by atoms with van der Waals surface area (Å²) in [6.45, 7) is 11.9. The molecule has 2 rings (SSSR count). The third kappa shape index (κ3) is 5.60. The standard InChI is InChI=1S/C20H30Cl2N2O/c1-14(2)19(13-23-9-5-6-10-23)24(15(3)4)20(25)12-16-7-8-17(21)18(22)11-16/h7-8,11,14-15,19H,5-6,9-10,12-13H2,1-4H3. The van der Waals surface area contributed by atoms with Crippen LogP contribution in [0.3, 0.4) is 0 Å². The van der Waals surface area contributed by atoms with E-state index < -0.39 is 0 Å². The normalized spacial score (nSPS) is 16.6. The first-order chi connectivity index (χ1) is 11.8. The fourth-order valence-corrected chi connectivity index (χ4v) is 3.94. The molecule has 0 N–H and O–H groups in total. The Hall–Kier alpha value is -0.770. The lowest BCUT2D eigenvalue weighted by Crippen LogP contribution is -2.52. The van der Waals surface area contributed by atoms with E-state index in [2.05, 4.69) is 37.5 Å². The van der Waals surface area contributed by atoms with Crippen LogP contribution in [-0.2, 0) is 11.2 Å². The quantitative estimate of drug-likeness (QED) is 0.667. The second kappa shape index (κ2) is 9.25. The van der Waals surface area contributed by atoms with E-state index in [9.17, 15) is 4.79 Å². The van der Waals surface area contributed by atoms with Gasteiger partial charge >= 0.3 is 0 Å². The molecule has 1 atom stereocenters. The Balaban J connectivity index is 2.15. The summed E-state index contributed by atoms with van der Waals surface area (Å²) in [4.78, 5) is 17.7. The minimum absolute atomic E-state index is 0.159. The number of halogens is 2. The maximum absolute atomic E-state index is 13.1. The Morgan fingerprint density at radius 3 is 2.28 bits per heavy atom. The van der Waals surface area contributed by atoms with E-state index in [1.165, 1.54) is 12.8 Å². The number of nitrogens with zero attached hydrogens (tertiary/aromatic N) is 2. The van der Waals surface area contributed by atoms with E-state index in [1.54, 1.807) is 12.1 Å². The molecule has 1 aromatic carbocycles. The molecular weight excluding hydrogens is 355 g/mol. The third-order valence-corrected chi connectivity index (χ3v) is 5.69. The van der Waals surface area contributed by atoms with Crippen LogP contribution in [0.2, 0.25) is 10.0 Å². The maximum atomic E-state index is 13.1. The summed E-state index contributed by atoms with van der Waals surface area (Å²) < 4.78 is 0. The van der Waals surface area contributed by atoms with Crippen molar-refractivity contribution in [3.63, 3.8) is 0 Å². The van der Waals surface area contributed by atoms with Crippen molar-refractivity contribution in [1.82, 2.24) is 9.80 Å². The number of carbonyl (C=O) groups is 1. The van der Waals surface area contributed by atoms with E-state index >= 15 is 0 Å². The largest absolute Gasteiger partial charge is 0.335 e. The van der Waals surface area contributed by atoms with Crippen LogP contribution in [0.1, 0.15) is 46.1 Å². The van der Waals surface area contributed by atoms with Crippen molar-refractivity contribution < 1.29 is 4.79 Å². The molecule has 0 aliphatic carbocycles. The number of amides is 1. The number of hydrogen-bond acceptors (Lipinski definition) is 2. The predicted molar refractivity (Wildman–Crippen MR) is 106 cm³/mol. The van der Waals surface area contributed by atoms with E-state index in [0.29, 0.717) is 22.4 Å². The zero-order chi connectivity index (χ0) is 18.6. The van der Waals surface area contributed by atoms with E-state index in [-0.39, 0.29) is 18.0 Å². The first-order valence-corrected chi connectivity index (χ1v) is 10.0. The summed E-state index contributed by atoms with van der Waals surface area (Å²) in [5.74, 6) is 0.576. The SMILES string of the molecule is CC(C)C(CN1CCCC1)N(C(=O)Cc1ccc(Cl)c(Cl)c1)C(C)C. The van der Waals surface area contributed by atoms with Gasteiger partial charge in [-0.15, -0.1) is 0 Å². The van der Waals surface area contributed by atoms with Gasteiger partial charge in [0.2, 0.25) is 5.91 Å². The Bertz CT molecular complexity index is 583. The highest BCUT2D eigenvalue weighted by molar-refractivity contribution is 6.42. The summed E-state index contributed by atoms with van der Waals surface area (Å²) in [6, 6.07) is 5.84. The second-order valence-corrected chi connectivity index (χ2v) is 8.45. The topological polar surface area (TPSA) is 23.6 Å². The van der Waals surface area contributed by atoms with Crippen molar-refractivity contribution in [3.05, 3.63) is 33.8 Å². The molecule has 1 saturated heterocycles. The summed E-state index contributed by atoms with van der Waals surface area (Å²) in [7, 11) is 0. The van der Waals surface area contributed by atoms with Crippen LogP contribution in [0, 0.1) is 5.92 Å². The van der Waals surface area contributed by atoms with Gasteiger partial charge < -0.3 is 9.80 Å². The number of likely N-dealkylation sites (tertiary alicyclic amines) is 1. The van der Waals surface area contributed by atoms with Gasteiger partial charge in [-0.05, 0) is 63.4 Å². The molecule has 1 amide bonds. The molecule has 1 aliphatic rings. The van der Waals surface area contributed by atoms with E-state index in [0.717, 1.165) is 25.2 Å². The molecule has 0 saturated carbocycles. The zero-order valence-corrected chi connectivity index (χ0v) is 17.3. The van der Waals surface area contributed by atoms with Gasteiger partial charge in [-0.2, -0.15) is 0 Å². The van der Waals surface area contributed by atoms with Crippen molar-refractivity contribution in [2.75, 3.05) is 19.6 Å². The van der Waals surface area contributed by atoms with Gasteiger partial charge in [-0.25, -0.2) is 0 Å². The molecule has 1 unspecified atom stereocenters. The lowest BCUT2D eigenvalue weighted by atomic mass is 9.99. The fourth-order valence-electron chi connectivity index (χ4n) is 3.62. The lowest BCUT2D eigenvalue weighted by molar-refractivity contribution is -0.136. The van der Waals surface area contributed by atoms with Crippen molar-refractivity contribution in [1.29, 1.82) is 0 Å². The average molecular weight is 385 g/mol. The molecule has 0 spiro atoms. The maximum Gasteiger partial charge on any atom is 0.227 e. The van der Waals surface area contributed by atoms with Gasteiger partial charge in [0.15, 0.2) is 0 Å². The highest BCUT2D eigenvalue weighted by atomic mass is 35.5. The Morgan fingerprint density at radius 2 is 1.76 bits per heavy atom. The monoisotopic (exact) mass is 384 g/mol. The highest BCUT2D eigenvalue weighted by Gasteiger charge is 2.30. The van der Waals surface area contributed by atoms with Crippen molar-refractivity contribution in [3.8, 4) is 0 Å². The average Bonchev–Trinajstić information content (AvgIpc) is 3.03. The van der Waals surface area contributed by atoms with Crippen molar-refractivity contribution in [2.24, 2.45) is 5.92 Å². The molecule has 25 heavy (non-hydrogen) atoms. The minimum atomic E-state index is 0.159. The van der Waals surface area contributed by atoms with Crippen LogP contribution in [-0.4, -0.2) is 47.4 Å². The van der Waals surface area contributed by atoms with Crippen LogP contribution >= 0.6 is 23.2 Å². The zero-order valence-electron chi connectivity index (χ0n) is 15.8. The van der Waals surface area contributed by atoms with E-state index in [1.807, 2.05) is 6.07 Å². The van der Waals surface area contributed by atoms with Crippen LogP contribution in [0.15, 0.2) is 18.2 Å². The molecule has 1 fully saturated rings. The third-order valence-electron chi connectivity index (χ3n) is 4.95. The van der Waals surface area contributed by atoms with Crippen LogP contribution in [0.5, 0.6) is 0 Å². The molecule has 0 radical (unpaired) electrons. The van der Waals surface area contributed by atoms with Gasteiger partial charge in [-0.3, -0.25) is 4.79 Å². The molecule has 1 aromatic rings. The van der Waals surface area contributed by atoms with Crippen molar-refractivity contribution in [2.45, 2.75) is 59.0 Å². The molecule has 0 aromatic heterocycles. The summed E-state index contributed by atoms with van der Waals surface area (Å²) in [5.41, 5.74) is 0.911. The van der Waals surface area contributed by atoms with Gasteiger partial charge in [0.25, 0.3) is 0 Å². The van der Waals surface area contributed by atoms with Crippen LogP contribution < -0.4 is 0 Å². The van der Waals surface area contributed by atoms with Gasteiger partial charge in [0.1, 0.15) is 0 Å². The number of benzene rings is 1. The summed E-state index contributed by atoms with van der Waals surface area (Å²) in [6.07, 6.45) is 2.89. The Morgan fingerprint density at radius 1 is 1.12 bits per heavy atom. The van der Waals surface area contributed by atoms with Crippen molar-refractivity contribution >= 4 is 29.1 Å². The summed E-state index contributed by atoms with van der Waals surface area (Å²) >= 11 is 12.1. The first-order valence-electron chi connectivity index (χ1n) is 9.27.